The summed E-state index contributed by atoms with van der Waals surface area (Å²) in [5.41, 5.74) is 1.37. The van der Waals surface area contributed by atoms with Crippen molar-refractivity contribution in [2.45, 2.75) is 56.5 Å². The number of nitrogens with zero attached hydrogens (tertiary/aromatic N) is 4. The Kier molecular flexibility index (Phi) is 12.4. The van der Waals surface area contributed by atoms with Crippen molar-refractivity contribution in [2.75, 3.05) is 76.5 Å². The van der Waals surface area contributed by atoms with Crippen molar-refractivity contribution in [3.05, 3.63) is 64.9 Å². The number of nitrogens with one attached hydrogen (secondary N) is 2. The van der Waals surface area contributed by atoms with Gasteiger partial charge in [-0.05, 0) is 70.0 Å². The smallest absolute Gasteiger partial charge is 0.435 e. The minimum absolute atomic E-state index is 0.00415. The van der Waals surface area contributed by atoms with Gasteiger partial charge in [-0.3, -0.25) is 9.69 Å². The van der Waals surface area contributed by atoms with Crippen LogP contribution in [0.15, 0.2) is 41.3 Å². The summed E-state index contributed by atoms with van der Waals surface area (Å²) in [4.78, 5) is 29.0. The molecule has 0 spiro atoms. The summed E-state index contributed by atoms with van der Waals surface area (Å²) in [6.07, 6.45) is 3.00. The molecule has 3 aromatic rings. The van der Waals surface area contributed by atoms with E-state index in [9.17, 15) is 26.8 Å². The predicted molar refractivity (Wildman–Crippen MR) is 186 cm³/mol. The summed E-state index contributed by atoms with van der Waals surface area (Å²) < 4.78 is 79.4. The van der Waals surface area contributed by atoms with E-state index in [-0.39, 0.29) is 55.7 Å². The van der Waals surface area contributed by atoms with Gasteiger partial charge in [0, 0.05) is 69.6 Å². The van der Waals surface area contributed by atoms with E-state index in [1.165, 1.54) is 12.8 Å². The van der Waals surface area contributed by atoms with Gasteiger partial charge in [-0.1, -0.05) is 0 Å². The Morgan fingerprint density at radius 3 is 2.48 bits per heavy atom. The zero-order valence-corrected chi connectivity index (χ0v) is 29.9. The van der Waals surface area contributed by atoms with E-state index in [0.29, 0.717) is 49.6 Å². The quantitative estimate of drug-likeness (QED) is 0.228. The average molecular weight is 747 g/mol. The lowest BCUT2D eigenvalue weighted by molar-refractivity contribution is 0.0777. The molecule has 4 heterocycles. The molecule has 0 atom stereocenters. The topological polar surface area (TPSA) is 154 Å². The third kappa shape index (κ3) is 9.06. The number of hydrogen-bond acceptors (Lipinski definition) is 11. The van der Waals surface area contributed by atoms with Crippen LogP contribution in [0.25, 0.3) is 0 Å². The Morgan fingerprint density at radius 2 is 1.75 bits per heavy atom. The molecule has 2 fully saturated rings. The van der Waals surface area contributed by atoms with Gasteiger partial charge < -0.3 is 29.6 Å². The van der Waals surface area contributed by atoms with Crippen LogP contribution < -0.4 is 15.4 Å². The van der Waals surface area contributed by atoms with Gasteiger partial charge in [0.15, 0.2) is 5.82 Å². The highest BCUT2D eigenvalue weighted by atomic mass is 32.2. The second-order valence-electron chi connectivity index (χ2n) is 12.8. The van der Waals surface area contributed by atoms with Gasteiger partial charge in [0.25, 0.3) is 5.91 Å². The molecule has 2 N–H and O–H groups in total. The molecule has 282 valence electrons. The van der Waals surface area contributed by atoms with E-state index < -0.39 is 38.6 Å². The fourth-order valence-corrected chi connectivity index (χ4v) is 7.99. The van der Waals surface area contributed by atoms with Crippen molar-refractivity contribution < 1.29 is 45.7 Å². The molecule has 3 aliphatic heterocycles. The number of benzene rings is 2. The zero-order valence-electron chi connectivity index (χ0n) is 29.1. The summed E-state index contributed by atoms with van der Waals surface area (Å²) in [7, 11) is -4.39. The molecular weight excluding hydrogens is 702 g/mol. The maximum absolute atomic E-state index is 14.0. The molecule has 6 rings (SSSR count). The molecule has 0 saturated carbocycles. The van der Waals surface area contributed by atoms with Gasteiger partial charge >= 0.3 is 6.09 Å². The lowest BCUT2D eigenvalue weighted by Crippen LogP contribution is -2.37. The Labute approximate surface area is 301 Å². The van der Waals surface area contributed by atoms with Gasteiger partial charge in [-0.15, -0.1) is 5.10 Å². The fourth-order valence-electron chi connectivity index (χ4n) is 6.54. The van der Waals surface area contributed by atoms with E-state index in [1.807, 2.05) is 0 Å². The Morgan fingerprint density at radius 1 is 1.00 bits per heavy atom. The molecule has 2 aromatic carbocycles. The van der Waals surface area contributed by atoms with E-state index in [2.05, 4.69) is 20.6 Å². The predicted octanol–water partition coefficient (Wildman–Crippen LogP) is 4.25. The number of ether oxygens (including phenoxy) is 4. The second-order valence-corrected chi connectivity index (χ2v) is 14.7. The molecule has 1 aromatic heterocycles. The molecular formula is C35H44F2N6O8S. The summed E-state index contributed by atoms with van der Waals surface area (Å²) in [5, 5.41) is 10.6. The summed E-state index contributed by atoms with van der Waals surface area (Å²) in [6.45, 7) is 6.43. The Balaban J connectivity index is 1.27. The van der Waals surface area contributed by atoms with Crippen LogP contribution in [0.2, 0.25) is 0 Å². The molecule has 0 bridgehead atoms. The van der Waals surface area contributed by atoms with Gasteiger partial charge in [-0.25, -0.2) is 22.0 Å². The number of rotatable bonds is 14. The zero-order chi connectivity index (χ0) is 36.7. The number of hydrogen-bond donors (Lipinski definition) is 2. The number of aromatic nitrogens is 2. The molecule has 14 nitrogen and oxygen atoms in total. The highest BCUT2D eigenvalue weighted by molar-refractivity contribution is 7.89. The standard InChI is InChI=1S/C35H44F2N6O8S/c1-2-48-17-18-51-35(45)43-32-7-12-42(52(46,47)28-20-24(36)19-25(37)21-28)23-30(32)33(40-43)39-34(44)29-6-5-27(50-16-13-41-10-3-4-11-41)22-31(29)38-26-8-14-49-15-9-26/h5-6,19-22,26,38H,2-4,7-18,23H2,1H3,(H,39,40,44). The van der Waals surface area contributed by atoms with Crippen LogP contribution in [0.4, 0.5) is 25.1 Å². The van der Waals surface area contributed by atoms with Crippen LogP contribution >= 0.6 is 0 Å². The van der Waals surface area contributed by atoms with Gasteiger partial charge in [0.1, 0.15) is 30.6 Å². The van der Waals surface area contributed by atoms with Crippen molar-refractivity contribution >= 4 is 33.5 Å². The van der Waals surface area contributed by atoms with Crippen molar-refractivity contribution in [1.29, 1.82) is 0 Å². The highest BCUT2D eigenvalue weighted by Crippen LogP contribution is 2.32. The number of amides is 1. The summed E-state index contributed by atoms with van der Waals surface area (Å²) >= 11 is 0. The normalized spacial score (nSPS) is 17.1. The number of anilines is 2. The molecule has 0 unspecified atom stereocenters. The SMILES string of the molecule is CCOCCOC(=O)n1nc(NC(=O)c2ccc(OCCN3CCCC3)cc2NC2CCOCC2)c2c1CCN(S(=O)(=O)c1cc(F)cc(F)c1)C2. The van der Waals surface area contributed by atoms with E-state index >= 15 is 0 Å². The van der Waals surface area contributed by atoms with Gasteiger partial charge in [-0.2, -0.15) is 8.99 Å². The van der Waals surface area contributed by atoms with E-state index in [0.717, 1.165) is 53.6 Å². The minimum atomic E-state index is -4.39. The third-order valence-corrected chi connectivity index (χ3v) is 11.1. The molecule has 0 radical (unpaired) electrons. The number of carbonyl (C=O) groups excluding carboxylic acids is 2. The third-order valence-electron chi connectivity index (χ3n) is 9.25. The van der Waals surface area contributed by atoms with Crippen LogP contribution in [0.1, 0.15) is 54.2 Å². The number of likely N-dealkylation sites (tertiary alicyclic amines) is 1. The molecule has 2 saturated heterocycles. The lowest BCUT2D eigenvalue weighted by atomic mass is 10.1. The number of halogens is 2. The van der Waals surface area contributed by atoms with E-state index in [1.54, 1.807) is 25.1 Å². The van der Waals surface area contributed by atoms with Crippen molar-refractivity contribution in [3.8, 4) is 5.75 Å². The first kappa shape index (κ1) is 37.6. The van der Waals surface area contributed by atoms with Crippen LogP contribution in [-0.4, -0.2) is 111 Å². The monoisotopic (exact) mass is 746 g/mol. The van der Waals surface area contributed by atoms with Gasteiger partial charge in [0.2, 0.25) is 10.0 Å². The molecule has 3 aliphatic rings. The van der Waals surface area contributed by atoms with Crippen LogP contribution in [0.5, 0.6) is 5.75 Å². The van der Waals surface area contributed by atoms with Crippen LogP contribution in [-0.2, 0) is 37.2 Å². The van der Waals surface area contributed by atoms with Crippen LogP contribution in [0.3, 0.4) is 0 Å². The van der Waals surface area contributed by atoms with Crippen molar-refractivity contribution in [2.24, 2.45) is 0 Å². The number of fused-ring (bicyclic) bond motifs is 1. The average Bonchev–Trinajstić information content (AvgIpc) is 3.78. The lowest BCUT2D eigenvalue weighted by Gasteiger charge is -2.27. The Bertz CT molecular complexity index is 1830. The first-order valence-electron chi connectivity index (χ1n) is 17.6. The van der Waals surface area contributed by atoms with Crippen molar-refractivity contribution in [3.63, 3.8) is 0 Å². The Hall–Kier alpha value is -4.16. The van der Waals surface area contributed by atoms with Crippen molar-refractivity contribution in [1.82, 2.24) is 19.0 Å². The molecule has 0 aliphatic carbocycles. The second kappa shape index (κ2) is 17.1. The maximum atomic E-state index is 14.0. The molecule has 52 heavy (non-hydrogen) atoms. The maximum Gasteiger partial charge on any atom is 0.435 e. The number of carbonyl (C=O) groups is 2. The number of sulfonamides is 1. The minimum Gasteiger partial charge on any atom is -0.492 e. The van der Waals surface area contributed by atoms with E-state index in [4.69, 9.17) is 18.9 Å². The molecule has 1 amide bonds. The highest BCUT2D eigenvalue weighted by Gasteiger charge is 2.35. The summed E-state index contributed by atoms with van der Waals surface area (Å²) in [5.74, 6) is -2.12. The van der Waals surface area contributed by atoms with Gasteiger partial charge in [0.05, 0.1) is 28.4 Å². The molecule has 17 heteroatoms. The summed E-state index contributed by atoms with van der Waals surface area (Å²) in [6, 6.07) is 7.24. The first-order chi connectivity index (χ1) is 25.1. The van der Waals surface area contributed by atoms with Crippen LogP contribution in [0, 0.1) is 11.6 Å². The largest absolute Gasteiger partial charge is 0.492 e. The fraction of sp³-hybridized carbons (Fsp3) is 0.514. The first-order valence-corrected chi connectivity index (χ1v) is 19.0.